The van der Waals surface area contributed by atoms with E-state index in [9.17, 15) is 13.2 Å². The first-order chi connectivity index (χ1) is 18.9. The Kier molecular flexibility index (Phi) is 6.46. The summed E-state index contributed by atoms with van der Waals surface area (Å²) in [5.41, 5.74) is 12.9. The number of hydrogen-bond donors (Lipinski definition) is 1. The van der Waals surface area contributed by atoms with Crippen LogP contribution in [0.3, 0.4) is 0 Å². The first kappa shape index (κ1) is 25.3. The summed E-state index contributed by atoms with van der Waals surface area (Å²) in [6, 6.07) is 23.5. The number of carbonyl (C=O) groups excluding carboxylic acids is 1. The Balaban J connectivity index is 1.25. The number of nitrogens with zero attached hydrogens (tertiary/aromatic N) is 4. The summed E-state index contributed by atoms with van der Waals surface area (Å²) in [6.07, 6.45) is 0.655. The first-order valence-electron chi connectivity index (χ1n) is 13.5. The fourth-order valence-electron chi connectivity index (χ4n) is 5.85. The molecule has 1 amide bonds. The SMILES string of the molecule is CCn1c(-c2ccc(N3CCCS3(=O)=O)cc2)c(N)c2ccc(N3CCN(C(=O)c4ccccc4)CC3)cc21. The maximum atomic E-state index is 12.9. The lowest BCUT2D eigenvalue weighted by Crippen LogP contribution is -2.48. The van der Waals surface area contributed by atoms with Gasteiger partial charge < -0.3 is 20.1 Å². The molecule has 39 heavy (non-hydrogen) atoms. The van der Waals surface area contributed by atoms with E-state index in [4.69, 9.17) is 5.73 Å². The molecule has 2 N–H and O–H groups in total. The third kappa shape index (κ3) is 4.50. The van der Waals surface area contributed by atoms with Crippen molar-refractivity contribution in [1.29, 1.82) is 0 Å². The van der Waals surface area contributed by atoms with E-state index in [1.165, 1.54) is 4.31 Å². The molecule has 2 fully saturated rings. The van der Waals surface area contributed by atoms with Crippen molar-refractivity contribution >= 4 is 43.9 Å². The second-order valence-electron chi connectivity index (χ2n) is 10.1. The highest BCUT2D eigenvalue weighted by Crippen LogP contribution is 2.39. The van der Waals surface area contributed by atoms with Crippen molar-refractivity contribution in [2.75, 3.05) is 53.4 Å². The zero-order valence-electron chi connectivity index (χ0n) is 22.1. The van der Waals surface area contributed by atoms with Gasteiger partial charge in [0.15, 0.2) is 0 Å². The summed E-state index contributed by atoms with van der Waals surface area (Å²) in [7, 11) is -3.22. The zero-order chi connectivity index (χ0) is 27.1. The van der Waals surface area contributed by atoms with Crippen molar-refractivity contribution < 1.29 is 13.2 Å². The van der Waals surface area contributed by atoms with Gasteiger partial charge in [0.05, 0.1) is 28.3 Å². The van der Waals surface area contributed by atoms with E-state index in [0.29, 0.717) is 31.7 Å². The van der Waals surface area contributed by atoms with Crippen molar-refractivity contribution in [3.05, 3.63) is 78.4 Å². The molecule has 202 valence electrons. The fourth-order valence-corrected chi connectivity index (χ4v) is 7.41. The lowest BCUT2D eigenvalue weighted by Gasteiger charge is -2.36. The smallest absolute Gasteiger partial charge is 0.253 e. The Bertz CT molecular complexity index is 1620. The lowest BCUT2D eigenvalue weighted by atomic mass is 10.1. The number of sulfonamides is 1. The Labute approximate surface area is 229 Å². The van der Waals surface area contributed by atoms with E-state index in [2.05, 4.69) is 34.6 Å². The minimum Gasteiger partial charge on any atom is -0.396 e. The summed E-state index contributed by atoms with van der Waals surface area (Å²) in [5.74, 6) is 0.281. The summed E-state index contributed by atoms with van der Waals surface area (Å²) >= 11 is 0. The van der Waals surface area contributed by atoms with Crippen LogP contribution in [-0.2, 0) is 16.6 Å². The number of carbonyl (C=O) groups is 1. The zero-order valence-corrected chi connectivity index (χ0v) is 22.9. The second-order valence-corrected chi connectivity index (χ2v) is 12.2. The van der Waals surface area contributed by atoms with Crippen molar-refractivity contribution in [3.63, 3.8) is 0 Å². The van der Waals surface area contributed by atoms with Crippen molar-refractivity contribution in [1.82, 2.24) is 9.47 Å². The molecule has 0 saturated carbocycles. The molecule has 0 aliphatic carbocycles. The minimum absolute atomic E-state index is 0.0799. The first-order valence-corrected chi connectivity index (χ1v) is 15.1. The maximum Gasteiger partial charge on any atom is 0.253 e. The van der Waals surface area contributed by atoms with E-state index < -0.39 is 10.0 Å². The van der Waals surface area contributed by atoms with Gasteiger partial charge in [-0.15, -0.1) is 0 Å². The molecule has 2 saturated heterocycles. The summed E-state index contributed by atoms with van der Waals surface area (Å²) < 4.78 is 28.4. The number of hydrogen-bond acceptors (Lipinski definition) is 5. The molecule has 8 nitrogen and oxygen atoms in total. The van der Waals surface area contributed by atoms with Gasteiger partial charge in [0.25, 0.3) is 5.91 Å². The predicted molar refractivity (Wildman–Crippen MR) is 158 cm³/mol. The molecule has 0 radical (unpaired) electrons. The highest BCUT2D eigenvalue weighted by Gasteiger charge is 2.28. The molecule has 3 heterocycles. The maximum absolute atomic E-state index is 12.9. The van der Waals surface area contributed by atoms with Crippen LogP contribution in [0.25, 0.3) is 22.2 Å². The number of fused-ring (bicyclic) bond motifs is 1. The molecule has 6 rings (SSSR count). The molecule has 2 aliphatic rings. The summed E-state index contributed by atoms with van der Waals surface area (Å²) in [4.78, 5) is 17.1. The molecular formula is C30H33N5O3S. The number of aryl methyl sites for hydroxylation is 1. The van der Waals surface area contributed by atoms with Crippen LogP contribution in [0.1, 0.15) is 23.7 Å². The van der Waals surface area contributed by atoms with Crippen LogP contribution in [0.15, 0.2) is 72.8 Å². The number of rotatable bonds is 5. The standard InChI is InChI=1S/C30H33N5O3S/c1-2-34-27-21-25(32-16-18-33(19-17-32)30(36)23-7-4-3-5-8-23)13-14-26(27)28(31)29(34)22-9-11-24(12-10-22)35-15-6-20-39(35,37)38/h3-5,7-14,21H,2,6,15-20,31H2,1H3. The summed E-state index contributed by atoms with van der Waals surface area (Å²) in [6.45, 7) is 6.25. The van der Waals surface area contributed by atoms with Crippen molar-refractivity contribution in [3.8, 4) is 11.3 Å². The number of amides is 1. The van der Waals surface area contributed by atoms with Gasteiger partial charge in [-0.3, -0.25) is 9.10 Å². The van der Waals surface area contributed by atoms with Crippen LogP contribution < -0.4 is 14.9 Å². The van der Waals surface area contributed by atoms with Gasteiger partial charge in [-0.2, -0.15) is 0 Å². The van der Waals surface area contributed by atoms with E-state index in [0.717, 1.165) is 58.7 Å². The van der Waals surface area contributed by atoms with Gasteiger partial charge >= 0.3 is 0 Å². The summed E-state index contributed by atoms with van der Waals surface area (Å²) in [5, 5.41) is 1.000. The molecule has 4 aromatic rings. The number of piperazine rings is 1. The largest absolute Gasteiger partial charge is 0.396 e. The number of nitrogens with two attached hydrogens (primary N) is 1. The van der Waals surface area contributed by atoms with E-state index >= 15 is 0 Å². The van der Waals surface area contributed by atoms with E-state index in [1.807, 2.05) is 59.5 Å². The average molecular weight is 544 g/mol. The van der Waals surface area contributed by atoms with E-state index in [1.54, 1.807) is 0 Å². The van der Waals surface area contributed by atoms with Crippen LogP contribution in [0.4, 0.5) is 17.1 Å². The topological polar surface area (TPSA) is 91.9 Å². The van der Waals surface area contributed by atoms with Crippen molar-refractivity contribution in [2.45, 2.75) is 19.9 Å². The third-order valence-corrected chi connectivity index (χ3v) is 9.75. The monoisotopic (exact) mass is 543 g/mol. The number of aromatic nitrogens is 1. The van der Waals surface area contributed by atoms with Crippen LogP contribution in [-0.4, -0.2) is 62.3 Å². The van der Waals surface area contributed by atoms with Gasteiger partial charge in [0, 0.05) is 61.5 Å². The Hall–Kier alpha value is -3.98. The van der Waals surface area contributed by atoms with Gasteiger partial charge in [-0.1, -0.05) is 30.3 Å². The molecule has 9 heteroatoms. The lowest BCUT2D eigenvalue weighted by molar-refractivity contribution is 0.0747. The highest BCUT2D eigenvalue weighted by atomic mass is 32.2. The minimum atomic E-state index is -3.22. The molecule has 0 bridgehead atoms. The molecule has 0 spiro atoms. The van der Waals surface area contributed by atoms with Crippen molar-refractivity contribution in [2.24, 2.45) is 0 Å². The van der Waals surface area contributed by atoms with Crippen LogP contribution in [0.2, 0.25) is 0 Å². The molecule has 3 aromatic carbocycles. The number of anilines is 3. The fraction of sp³-hybridized carbons (Fsp3) is 0.300. The predicted octanol–water partition coefficient (Wildman–Crippen LogP) is 4.41. The molecule has 2 aliphatic heterocycles. The van der Waals surface area contributed by atoms with E-state index in [-0.39, 0.29) is 11.7 Å². The van der Waals surface area contributed by atoms with Gasteiger partial charge in [-0.25, -0.2) is 8.42 Å². The Morgan fingerprint density at radius 2 is 1.56 bits per heavy atom. The van der Waals surface area contributed by atoms with Gasteiger partial charge in [0.1, 0.15) is 0 Å². The Morgan fingerprint density at radius 3 is 2.21 bits per heavy atom. The normalized spacial score (nSPS) is 17.2. The molecular weight excluding hydrogens is 510 g/mol. The van der Waals surface area contributed by atoms with Gasteiger partial charge in [0.2, 0.25) is 10.0 Å². The average Bonchev–Trinajstić information content (AvgIpc) is 3.48. The molecule has 0 atom stereocenters. The number of benzene rings is 3. The van der Waals surface area contributed by atoms with Crippen LogP contribution in [0.5, 0.6) is 0 Å². The second kappa shape index (κ2) is 9.96. The molecule has 0 unspecified atom stereocenters. The third-order valence-electron chi connectivity index (χ3n) is 7.88. The van der Waals surface area contributed by atoms with Crippen LogP contribution >= 0.6 is 0 Å². The van der Waals surface area contributed by atoms with Gasteiger partial charge in [-0.05, 0) is 55.8 Å². The number of nitrogen functional groups attached to an aromatic ring is 1. The molecule has 1 aromatic heterocycles. The quantitative estimate of drug-likeness (QED) is 0.403. The highest BCUT2D eigenvalue weighted by molar-refractivity contribution is 7.93. The van der Waals surface area contributed by atoms with Crippen LogP contribution in [0, 0.1) is 0 Å². The Morgan fingerprint density at radius 1 is 0.872 bits per heavy atom.